The summed E-state index contributed by atoms with van der Waals surface area (Å²) >= 11 is 6.07. The molecule has 1 saturated heterocycles. The predicted molar refractivity (Wildman–Crippen MR) is 107 cm³/mol. The summed E-state index contributed by atoms with van der Waals surface area (Å²) in [4.78, 5) is 28.5. The lowest BCUT2D eigenvalue weighted by molar-refractivity contribution is -0.130. The highest BCUT2D eigenvalue weighted by Gasteiger charge is 2.46. The fourth-order valence-corrected chi connectivity index (χ4v) is 3.83. The second-order valence-electron chi connectivity index (χ2n) is 7.57. The Hall–Kier alpha value is -2.51. The summed E-state index contributed by atoms with van der Waals surface area (Å²) in [7, 11) is 1.40. The number of hydrogen-bond donors (Lipinski definition) is 1. The molecule has 1 aromatic heterocycles. The van der Waals surface area contributed by atoms with Crippen molar-refractivity contribution < 1.29 is 23.5 Å². The van der Waals surface area contributed by atoms with Gasteiger partial charge in [-0.15, -0.1) is 0 Å². The number of ketones is 1. The lowest BCUT2D eigenvalue weighted by atomic mass is 9.87. The van der Waals surface area contributed by atoms with E-state index in [1.165, 1.54) is 32.4 Å². The predicted octanol–water partition coefficient (Wildman–Crippen LogP) is 4.38. The van der Waals surface area contributed by atoms with E-state index < -0.39 is 23.4 Å². The zero-order chi connectivity index (χ0) is 21.3. The zero-order valence-corrected chi connectivity index (χ0v) is 17.3. The summed E-state index contributed by atoms with van der Waals surface area (Å²) in [5.74, 6) is -1.39. The maximum Gasteiger partial charge on any atom is 0.254 e. The normalized spacial score (nSPS) is 20.3. The highest BCUT2D eigenvalue weighted by molar-refractivity contribution is 6.32. The lowest BCUT2D eigenvalue weighted by Gasteiger charge is -2.21. The molecule has 2 aromatic rings. The number of carbonyl (C=O) groups is 2. The molecule has 29 heavy (non-hydrogen) atoms. The first-order chi connectivity index (χ1) is 13.6. The molecule has 0 bridgehead atoms. The van der Waals surface area contributed by atoms with Crippen LogP contribution in [0.1, 0.15) is 49.2 Å². The van der Waals surface area contributed by atoms with Gasteiger partial charge in [0, 0.05) is 30.3 Å². The van der Waals surface area contributed by atoms with Crippen LogP contribution in [0.25, 0.3) is 0 Å². The van der Waals surface area contributed by atoms with Crippen LogP contribution >= 0.6 is 11.6 Å². The van der Waals surface area contributed by atoms with E-state index in [-0.39, 0.29) is 28.2 Å². The second-order valence-corrected chi connectivity index (χ2v) is 7.95. The van der Waals surface area contributed by atoms with Crippen LogP contribution in [0.4, 0.5) is 10.1 Å². The number of pyridine rings is 1. The summed E-state index contributed by atoms with van der Waals surface area (Å²) in [6.07, 6.45) is 1.11. The molecule has 1 aliphatic heterocycles. The third kappa shape index (κ3) is 4.41. The van der Waals surface area contributed by atoms with E-state index in [0.29, 0.717) is 17.7 Å². The Balaban J connectivity index is 1.93. The summed E-state index contributed by atoms with van der Waals surface area (Å²) < 4.78 is 25.2. The van der Waals surface area contributed by atoms with Gasteiger partial charge in [-0.05, 0) is 38.5 Å². The number of aromatic nitrogens is 1. The Labute approximate surface area is 173 Å². The Bertz CT molecular complexity index is 964. The molecule has 154 valence electrons. The van der Waals surface area contributed by atoms with Gasteiger partial charge < -0.3 is 14.8 Å². The third-order valence-electron chi connectivity index (χ3n) is 4.85. The number of halogens is 2. The van der Waals surface area contributed by atoms with Crippen LogP contribution in [0.5, 0.6) is 5.75 Å². The van der Waals surface area contributed by atoms with Crippen LogP contribution in [-0.2, 0) is 9.53 Å². The van der Waals surface area contributed by atoms with Gasteiger partial charge in [-0.3, -0.25) is 14.6 Å². The van der Waals surface area contributed by atoms with E-state index in [9.17, 15) is 14.0 Å². The van der Waals surface area contributed by atoms with E-state index >= 15 is 0 Å². The second kappa shape index (κ2) is 8.08. The fraction of sp³-hybridized carbons (Fsp3) is 0.381. The monoisotopic (exact) mass is 420 g/mol. The molecule has 0 saturated carbocycles. The van der Waals surface area contributed by atoms with Gasteiger partial charge in [0.05, 0.1) is 12.7 Å². The minimum atomic E-state index is -0.852. The van der Waals surface area contributed by atoms with E-state index in [4.69, 9.17) is 21.1 Å². The number of amides is 1. The Kier molecular flexibility index (Phi) is 5.91. The van der Waals surface area contributed by atoms with Gasteiger partial charge in [0.2, 0.25) is 0 Å². The fourth-order valence-electron chi connectivity index (χ4n) is 3.58. The van der Waals surface area contributed by atoms with Crippen molar-refractivity contribution in [3.63, 3.8) is 0 Å². The molecule has 8 heteroatoms. The van der Waals surface area contributed by atoms with Crippen LogP contribution < -0.4 is 10.1 Å². The van der Waals surface area contributed by atoms with Gasteiger partial charge in [0.25, 0.3) is 5.91 Å². The number of carbonyl (C=O) groups excluding carboxylic acids is 2. The van der Waals surface area contributed by atoms with Crippen LogP contribution in [-0.4, -0.2) is 35.5 Å². The number of benzene rings is 1. The Morgan fingerprint density at radius 2 is 2.07 bits per heavy atom. The van der Waals surface area contributed by atoms with Crippen molar-refractivity contribution in [2.75, 3.05) is 12.4 Å². The van der Waals surface area contributed by atoms with Gasteiger partial charge >= 0.3 is 0 Å². The largest absolute Gasteiger partial charge is 0.495 e. The van der Waals surface area contributed by atoms with Crippen LogP contribution in [0.2, 0.25) is 5.02 Å². The average molecular weight is 421 g/mol. The van der Waals surface area contributed by atoms with Gasteiger partial charge in [-0.2, -0.15) is 0 Å². The molecule has 1 aromatic carbocycles. The number of rotatable bonds is 5. The number of nitrogens with one attached hydrogen (secondary N) is 1. The molecular weight excluding hydrogens is 399 g/mol. The maximum atomic E-state index is 13.9. The zero-order valence-electron chi connectivity index (χ0n) is 16.6. The number of methoxy groups -OCH3 is 1. The highest BCUT2D eigenvalue weighted by atomic mass is 35.5. The molecule has 0 unspecified atom stereocenters. The van der Waals surface area contributed by atoms with Crippen molar-refractivity contribution in [3.8, 4) is 5.75 Å². The molecule has 0 spiro atoms. The van der Waals surface area contributed by atoms with Crippen molar-refractivity contribution in [1.29, 1.82) is 0 Å². The maximum absolute atomic E-state index is 13.9. The summed E-state index contributed by atoms with van der Waals surface area (Å²) in [6, 6.07) is 5.91. The SMILES string of the molecule is COc1c([C@@H]2CC(C)(C)O[C@@H]2C(=O)Nc2ccnc(C(C)=O)c2)ccc(F)c1Cl. The quantitative estimate of drug-likeness (QED) is 0.726. The first-order valence-corrected chi connectivity index (χ1v) is 9.48. The summed E-state index contributed by atoms with van der Waals surface area (Å²) in [6.45, 7) is 5.16. The number of hydrogen-bond acceptors (Lipinski definition) is 5. The molecule has 1 amide bonds. The molecule has 0 aliphatic carbocycles. The minimum absolute atomic E-state index is 0.130. The molecule has 2 atom stereocenters. The van der Waals surface area contributed by atoms with Crippen molar-refractivity contribution >= 4 is 29.0 Å². The molecule has 2 heterocycles. The smallest absolute Gasteiger partial charge is 0.254 e. The molecule has 1 aliphatic rings. The molecule has 1 N–H and O–H groups in total. The van der Waals surface area contributed by atoms with Crippen LogP contribution in [0.3, 0.4) is 0 Å². The van der Waals surface area contributed by atoms with E-state index in [1.807, 2.05) is 13.8 Å². The van der Waals surface area contributed by atoms with E-state index in [0.717, 1.165) is 0 Å². The highest BCUT2D eigenvalue weighted by Crippen LogP contribution is 2.46. The molecule has 1 fully saturated rings. The Morgan fingerprint density at radius 3 is 2.72 bits per heavy atom. The number of nitrogens with zero attached hydrogens (tertiary/aromatic N) is 1. The minimum Gasteiger partial charge on any atom is -0.495 e. The van der Waals surface area contributed by atoms with Crippen molar-refractivity contribution in [2.45, 2.75) is 44.8 Å². The number of Topliss-reactive ketones (excluding diaryl/α,β-unsaturated/α-hetero) is 1. The van der Waals surface area contributed by atoms with Gasteiger partial charge in [0.15, 0.2) is 5.78 Å². The lowest BCUT2D eigenvalue weighted by Crippen LogP contribution is -2.33. The van der Waals surface area contributed by atoms with Crippen LogP contribution in [0, 0.1) is 5.82 Å². The van der Waals surface area contributed by atoms with E-state index in [2.05, 4.69) is 10.3 Å². The summed E-state index contributed by atoms with van der Waals surface area (Å²) in [5, 5.41) is 2.65. The first-order valence-electron chi connectivity index (χ1n) is 9.10. The topological polar surface area (TPSA) is 77.5 Å². The Morgan fingerprint density at radius 1 is 1.34 bits per heavy atom. The van der Waals surface area contributed by atoms with Crippen molar-refractivity contribution in [2.24, 2.45) is 0 Å². The van der Waals surface area contributed by atoms with Crippen molar-refractivity contribution in [3.05, 3.63) is 52.6 Å². The third-order valence-corrected chi connectivity index (χ3v) is 5.21. The average Bonchev–Trinajstić information content (AvgIpc) is 2.99. The standard InChI is InChI=1S/C21H22ClFN2O4/c1-11(26)16-9-12(7-8-24-16)25-20(27)19-14(10-21(2,3)29-19)13-5-6-15(23)17(22)18(13)28-4/h5-9,14,19H,10H2,1-4H3,(H,24,25,27)/t14-,19-/m0/s1. The van der Waals surface area contributed by atoms with Gasteiger partial charge in [-0.1, -0.05) is 17.7 Å². The van der Waals surface area contributed by atoms with Crippen molar-refractivity contribution in [1.82, 2.24) is 4.98 Å². The molecular formula is C21H22ClFN2O4. The molecule has 0 radical (unpaired) electrons. The molecule has 6 nitrogen and oxygen atoms in total. The summed E-state index contributed by atoms with van der Waals surface area (Å²) in [5.41, 5.74) is 0.704. The van der Waals surface area contributed by atoms with Gasteiger partial charge in [0.1, 0.15) is 28.4 Å². The first kappa shape index (κ1) is 21.2. The number of anilines is 1. The molecule has 3 rings (SSSR count). The van der Waals surface area contributed by atoms with Crippen LogP contribution in [0.15, 0.2) is 30.5 Å². The van der Waals surface area contributed by atoms with E-state index in [1.54, 1.807) is 12.1 Å². The van der Waals surface area contributed by atoms with Gasteiger partial charge in [-0.25, -0.2) is 4.39 Å². The number of ether oxygens (including phenoxy) is 2.